The van der Waals surface area contributed by atoms with Gasteiger partial charge in [-0.25, -0.2) is 8.42 Å². The number of nitrogens with zero attached hydrogens (tertiary/aromatic N) is 2. The number of carbonyl (C=O) groups is 2. The van der Waals surface area contributed by atoms with E-state index in [0.717, 1.165) is 22.5 Å². The Kier molecular flexibility index (Phi) is 9.92. The molecule has 2 aromatic carbocycles. The van der Waals surface area contributed by atoms with E-state index in [1.807, 2.05) is 51.1 Å². The standard InChI is InChI=1S/C25H35N3O5S/c1-6-19(3)26-25(30)21(7-2)27(17-20-13-9-8-10-14-20)24(29)18-28(34(5,31)32)22-15-11-12-16-23(22)33-4/h8-16,19,21H,6-7,17-18H2,1-5H3,(H,26,30). The first-order valence-corrected chi connectivity index (χ1v) is 13.2. The fourth-order valence-electron chi connectivity index (χ4n) is 3.57. The van der Waals surface area contributed by atoms with Crippen LogP contribution < -0.4 is 14.4 Å². The first-order chi connectivity index (χ1) is 16.1. The number of para-hydroxylation sites is 2. The van der Waals surface area contributed by atoms with Gasteiger partial charge in [0.05, 0.1) is 19.1 Å². The van der Waals surface area contributed by atoms with Gasteiger partial charge in [0, 0.05) is 12.6 Å². The van der Waals surface area contributed by atoms with Crippen LogP contribution in [0.2, 0.25) is 0 Å². The Balaban J connectivity index is 2.45. The van der Waals surface area contributed by atoms with E-state index in [4.69, 9.17) is 4.74 Å². The van der Waals surface area contributed by atoms with Crippen LogP contribution in [0.4, 0.5) is 5.69 Å². The second kappa shape index (κ2) is 12.4. The lowest BCUT2D eigenvalue weighted by atomic mass is 10.1. The third kappa shape index (κ3) is 7.21. The summed E-state index contributed by atoms with van der Waals surface area (Å²) >= 11 is 0. The number of benzene rings is 2. The average molecular weight is 490 g/mol. The molecule has 0 heterocycles. The predicted molar refractivity (Wildman–Crippen MR) is 134 cm³/mol. The SMILES string of the molecule is CCC(C)NC(=O)C(CC)N(Cc1ccccc1)C(=O)CN(c1ccccc1OC)S(C)(=O)=O. The molecule has 2 unspecified atom stereocenters. The van der Waals surface area contributed by atoms with Crippen LogP contribution in [-0.4, -0.2) is 57.1 Å². The highest BCUT2D eigenvalue weighted by Gasteiger charge is 2.32. The Bertz CT molecular complexity index is 1060. The van der Waals surface area contributed by atoms with Gasteiger partial charge in [-0.1, -0.05) is 56.3 Å². The van der Waals surface area contributed by atoms with Gasteiger partial charge < -0.3 is 15.0 Å². The minimum atomic E-state index is -3.82. The minimum absolute atomic E-state index is 0.0451. The van der Waals surface area contributed by atoms with Crippen LogP contribution >= 0.6 is 0 Å². The highest BCUT2D eigenvalue weighted by atomic mass is 32.2. The molecule has 0 aliphatic carbocycles. The molecule has 186 valence electrons. The monoisotopic (exact) mass is 489 g/mol. The smallest absolute Gasteiger partial charge is 0.244 e. The molecule has 0 radical (unpaired) electrons. The summed E-state index contributed by atoms with van der Waals surface area (Å²) in [6.45, 7) is 5.42. The Morgan fingerprint density at radius 1 is 1.00 bits per heavy atom. The lowest BCUT2D eigenvalue weighted by Gasteiger charge is -2.33. The molecule has 2 aromatic rings. The Morgan fingerprint density at radius 2 is 1.62 bits per heavy atom. The van der Waals surface area contributed by atoms with Crippen LogP contribution in [0.15, 0.2) is 54.6 Å². The minimum Gasteiger partial charge on any atom is -0.495 e. The zero-order valence-corrected chi connectivity index (χ0v) is 21.3. The fraction of sp³-hybridized carbons (Fsp3) is 0.440. The maximum Gasteiger partial charge on any atom is 0.244 e. The van der Waals surface area contributed by atoms with Gasteiger partial charge in [-0.15, -0.1) is 0 Å². The molecule has 0 aromatic heterocycles. The number of hydrogen-bond donors (Lipinski definition) is 1. The average Bonchev–Trinajstić information content (AvgIpc) is 2.82. The maximum atomic E-state index is 13.6. The molecule has 2 amide bonds. The molecule has 0 fully saturated rings. The lowest BCUT2D eigenvalue weighted by molar-refractivity contribution is -0.140. The third-order valence-electron chi connectivity index (χ3n) is 5.62. The highest BCUT2D eigenvalue weighted by Crippen LogP contribution is 2.29. The molecular formula is C25H35N3O5S. The van der Waals surface area contributed by atoms with Crippen LogP contribution in [0.1, 0.15) is 39.2 Å². The molecule has 8 nitrogen and oxygen atoms in total. The third-order valence-corrected chi connectivity index (χ3v) is 6.74. The summed E-state index contributed by atoms with van der Waals surface area (Å²) in [7, 11) is -2.38. The largest absolute Gasteiger partial charge is 0.495 e. The van der Waals surface area contributed by atoms with Crippen molar-refractivity contribution in [2.75, 3.05) is 24.2 Å². The van der Waals surface area contributed by atoms with E-state index in [-0.39, 0.29) is 24.2 Å². The highest BCUT2D eigenvalue weighted by molar-refractivity contribution is 7.92. The molecule has 2 atom stereocenters. The van der Waals surface area contributed by atoms with Gasteiger partial charge in [-0.2, -0.15) is 0 Å². The van der Waals surface area contributed by atoms with Crippen molar-refractivity contribution in [3.8, 4) is 5.75 Å². The summed E-state index contributed by atoms with van der Waals surface area (Å²) in [5.74, 6) is -0.410. The number of sulfonamides is 1. The molecule has 0 aliphatic rings. The number of rotatable bonds is 12. The van der Waals surface area contributed by atoms with E-state index >= 15 is 0 Å². The van der Waals surface area contributed by atoms with Crippen LogP contribution in [0.5, 0.6) is 5.75 Å². The van der Waals surface area contributed by atoms with Crippen LogP contribution in [-0.2, 0) is 26.2 Å². The summed E-state index contributed by atoms with van der Waals surface area (Å²) in [5.41, 5.74) is 1.10. The maximum absolute atomic E-state index is 13.6. The molecule has 0 aliphatic heterocycles. The summed E-state index contributed by atoms with van der Waals surface area (Å²) in [6.07, 6.45) is 2.18. The molecule has 0 saturated carbocycles. The van der Waals surface area contributed by atoms with E-state index < -0.39 is 28.5 Å². The molecule has 34 heavy (non-hydrogen) atoms. The van der Waals surface area contributed by atoms with Crippen molar-refractivity contribution in [1.29, 1.82) is 0 Å². The van der Waals surface area contributed by atoms with Gasteiger partial charge in [0.2, 0.25) is 21.8 Å². The molecule has 0 bridgehead atoms. The van der Waals surface area contributed by atoms with Crippen molar-refractivity contribution < 1.29 is 22.7 Å². The number of amides is 2. The van der Waals surface area contributed by atoms with Crippen LogP contribution in [0.3, 0.4) is 0 Å². The van der Waals surface area contributed by atoms with Gasteiger partial charge in [0.15, 0.2) is 0 Å². The number of methoxy groups -OCH3 is 1. The van der Waals surface area contributed by atoms with Crippen molar-refractivity contribution in [3.63, 3.8) is 0 Å². The van der Waals surface area contributed by atoms with E-state index in [1.54, 1.807) is 24.3 Å². The van der Waals surface area contributed by atoms with Gasteiger partial charge in [0.25, 0.3) is 0 Å². The summed E-state index contributed by atoms with van der Waals surface area (Å²) in [4.78, 5) is 28.2. The van der Waals surface area contributed by atoms with Gasteiger partial charge in [-0.3, -0.25) is 13.9 Å². The molecule has 1 N–H and O–H groups in total. The number of nitrogens with one attached hydrogen (secondary N) is 1. The first kappa shape index (κ1) is 27.2. The van der Waals surface area contributed by atoms with E-state index in [0.29, 0.717) is 12.2 Å². The van der Waals surface area contributed by atoms with Gasteiger partial charge in [0.1, 0.15) is 18.3 Å². The van der Waals surface area contributed by atoms with Crippen molar-refractivity contribution in [3.05, 3.63) is 60.2 Å². The Hall–Kier alpha value is -3.07. The van der Waals surface area contributed by atoms with E-state index in [2.05, 4.69) is 5.32 Å². The van der Waals surface area contributed by atoms with Crippen LogP contribution in [0, 0.1) is 0 Å². The molecule has 9 heteroatoms. The van der Waals surface area contributed by atoms with Crippen molar-refractivity contribution in [2.24, 2.45) is 0 Å². The molecule has 0 spiro atoms. The lowest BCUT2D eigenvalue weighted by Crippen LogP contribution is -2.53. The predicted octanol–water partition coefficient (Wildman–Crippen LogP) is 3.18. The summed E-state index contributed by atoms with van der Waals surface area (Å²) < 4.78 is 31.7. The zero-order chi connectivity index (χ0) is 25.3. The number of hydrogen-bond acceptors (Lipinski definition) is 5. The topological polar surface area (TPSA) is 96.0 Å². The molecule has 2 rings (SSSR count). The number of anilines is 1. The van der Waals surface area contributed by atoms with E-state index in [9.17, 15) is 18.0 Å². The van der Waals surface area contributed by atoms with E-state index in [1.165, 1.54) is 12.0 Å². The summed E-state index contributed by atoms with van der Waals surface area (Å²) in [6, 6.07) is 15.1. The second-order valence-corrected chi connectivity index (χ2v) is 10.1. The van der Waals surface area contributed by atoms with Gasteiger partial charge >= 0.3 is 0 Å². The first-order valence-electron chi connectivity index (χ1n) is 11.4. The number of ether oxygens (including phenoxy) is 1. The van der Waals surface area contributed by atoms with Crippen molar-refractivity contribution in [1.82, 2.24) is 10.2 Å². The molecular weight excluding hydrogens is 454 g/mol. The normalized spacial score (nSPS) is 13.0. The van der Waals surface area contributed by atoms with Crippen LogP contribution in [0.25, 0.3) is 0 Å². The van der Waals surface area contributed by atoms with Crippen molar-refractivity contribution in [2.45, 2.75) is 52.2 Å². The van der Waals surface area contributed by atoms with Crippen molar-refractivity contribution >= 4 is 27.5 Å². The Labute approximate surface area is 202 Å². The summed E-state index contributed by atoms with van der Waals surface area (Å²) in [5, 5.41) is 2.95. The fourth-order valence-corrected chi connectivity index (χ4v) is 4.42. The second-order valence-electron chi connectivity index (χ2n) is 8.19. The number of carbonyl (C=O) groups excluding carboxylic acids is 2. The van der Waals surface area contributed by atoms with Gasteiger partial charge in [-0.05, 0) is 37.5 Å². The molecule has 0 saturated heterocycles. The quantitative estimate of drug-likeness (QED) is 0.494. The zero-order valence-electron chi connectivity index (χ0n) is 20.5. The Morgan fingerprint density at radius 3 is 2.18 bits per heavy atom.